The number of carbonyl (C=O) groups is 3. The van der Waals surface area contributed by atoms with Crippen molar-refractivity contribution in [2.45, 2.75) is 32.2 Å². The fourth-order valence-electron chi connectivity index (χ4n) is 4.46. The van der Waals surface area contributed by atoms with Gasteiger partial charge < -0.3 is 20.7 Å². The largest absolute Gasteiger partial charge is 0.381 e. The van der Waals surface area contributed by atoms with Crippen LogP contribution in [-0.2, 0) is 15.1 Å². The highest BCUT2D eigenvalue weighted by Crippen LogP contribution is 2.31. The van der Waals surface area contributed by atoms with Gasteiger partial charge in [-0.25, -0.2) is 0 Å². The van der Waals surface area contributed by atoms with Crippen LogP contribution in [0.5, 0.6) is 0 Å². The molecule has 1 saturated heterocycles. The molecule has 1 fully saturated rings. The van der Waals surface area contributed by atoms with Crippen LogP contribution in [0.1, 0.15) is 52.3 Å². The van der Waals surface area contributed by atoms with Crippen LogP contribution < -0.4 is 16.0 Å². The maximum Gasteiger partial charge on any atom is 0.262 e. The van der Waals surface area contributed by atoms with Gasteiger partial charge in [-0.15, -0.1) is 11.3 Å². The van der Waals surface area contributed by atoms with Crippen molar-refractivity contribution >= 4 is 50.8 Å². The monoisotopic (exact) mass is 531 g/mol. The fraction of sp³-hybridized carbons (Fsp3) is 0.286. The molecular weight excluding hydrogens is 502 g/mol. The zero-order valence-electron chi connectivity index (χ0n) is 21.2. The number of ether oxygens (including phenoxy) is 1. The van der Waals surface area contributed by atoms with Crippen molar-refractivity contribution in [3.63, 3.8) is 0 Å². The molecule has 10 heteroatoms. The number of aromatic nitrogens is 2. The minimum absolute atomic E-state index is 0.121. The first-order valence-corrected chi connectivity index (χ1v) is 13.3. The molecule has 4 aromatic rings. The van der Waals surface area contributed by atoms with E-state index in [-0.39, 0.29) is 17.7 Å². The molecule has 3 heterocycles. The maximum absolute atomic E-state index is 13.2. The van der Waals surface area contributed by atoms with Gasteiger partial charge in [0.15, 0.2) is 0 Å². The topological polar surface area (TPSA) is 125 Å². The van der Waals surface area contributed by atoms with Gasteiger partial charge in [-0.3, -0.25) is 19.5 Å². The van der Waals surface area contributed by atoms with E-state index in [1.165, 1.54) is 11.3 Å². The molecule has 196 valence electrons. The van der Waals surface area contributed by atoms with Crippen molar-refractivity contribution in [2.75, 3.05) is 23.8 Å². The summed E-state index contributed by atoms with van der Waals surface area (Å²) in [6.45, 7) is 5.01. The Morgan fingerprint density at radius 1 is 0.974 bits per heavy atom. The summed E-state index contributed by atoms with van der Waals surface area (Å²) in [5.74, 6) is -0.506. The van der Waals surface area contributed by atoms with E-state index in [0.717, 1.165) is 5.56 Å². The van der Waals surface area contributed by atoms with Crippen LogP contribution in [0.4, 0.5) is 11.5 Å². The summed E-state index contributed by atoms with van der Waals surface area (Å²) < 4.78 is 5.34. The Hall–Kier alpha value is -4.02. The van der Waals surface area contributed by atoms with E-state index in [9.17, 15) is 14.4 Å². The number of carbonyl (C=O) groups excluding carboxylic acids is 3. The zero-order valence-corrected chi connectivity index (χ0v) is 22.0. The number of H-pyrrole nitrogens is 1. The van der Waals surface area contributed by atoms with Crippen molar-refractivity contribution in [1.82, 2.24) is 15.5 Å². The van der Waals surface area contributed by atoms with Crippen molar-refractivity contribution < 1.29 is 19.1 Å². The third-order valence-corrected chi connectivity index (χ3v) is 7.68. The Morgan fingerprint density at radius 3 is 2.45 bits per heavy atom. The number of aromatic amines is 1. The first-order chi connectivity index (χ1) is 18.3. The average Bonchev–Trinajstić information content (AvgIpc) is 3.52. The summed E-state index contributed by atoms with van der Waals surface area (Å²) in [7, 11) is 0. The summed E-state index contributed by atoms with van der Waals surface area (Å²) in [5, 5.41) is 16.6. The van der Waals surface area contributed by atoms with Crippen LogP contribution in [0.2, 0.25) is 0 Å². The molecule has 0 aliphatic carbocycles. The summed E-state index contributed by atoms with van der Waals surface area (Å²) in [6.07, 6.45) is 1.31. The van der Waals surface area contributed by atoms with Gasteiger partial charge in [0, 0.05) is 19.1 Å². The number of nitrogens with one attached hydrogen (secondary N) is 4. The van der Waals surface area contributed by atoms with Gasteiger partial charge >= 0.3 is 0 Å². The Kier molecular flexibility index (Phi) is 7.26. The van der Waals surface area contributed by atoms with Crippen molar-refractivity contribution in [3.05, 3.63) is 76.7 Å². The Balaban J connectivity index is 1.30. The van der Waals surface area contributed by atoms with Crippen LogP contribution in [0.15, 0.2) is 60.7 Å². The number of amides is 3. The molecule has 2 aromatic heterocycles. The molecule has 0 radical (unpaired) electrons. The Morgan fingerprint density at radius 2 is 1.68 bits per heavy atom. The standard InChI is InChI=1S/C28H29N5O4S/c1-28(2,18-8-4-3-5-9-18)31-26(36)22-16-20-23(32-33-27(20)38-22)30-25(35)19-10-6-7-11-21(19)29-24(34)17-12-14-37-15-13-17/h3-11,16-17H,12-15H2,1-2H3,(H,29,34)(H,31,36)(H2,30,32,33,35). The molecule has 1 aliphatic heterocycles. The Bertz CT molecular complexity index is 1470. The van der Waals surface area contributed by atoms with E-state index in [4.69, 9.17) is 4.74 Å². The van der Waals surface area contributed by atoms with Crippen LogP contribution in [0.25, 0.3) is 10.2 Å². The highest BCUT2D eigenvalue weighted by molar-refractivity contribution is 7.20. The summed E-state index contributed by atoms with van der Waals surface area (Å²) >= 11 is 1.24. The van der Waals surface area contributed by atoms with Gasteiger partial charge in [-0.05, 0) is 50.5 Å². The molecular formula is C28H29N5O4S. The number of para-hydroxylation sites is 1. The number of benzene rings is 2. The summed E-state index contributed by atoms with van der Waals surface area (Å²) in [5.41, 5.74) is 1.19. The molecule has 0 atom stereocenters. The van der Waals surface area contributed by atoms with Gasteiger partial charge in [-0.1, -0.05) is 42.5 Å². The first-order valence-electron chi connectivity index (χ1n) is 12.5. The van der Waals surface area contributed by atoms with Crippen molar-refractivity contribution in [1.29, 1.82) is 0 Å². The fourth-order valence-corrected chi connectivity index (χ4v) is 5.35. The lowest BCUT2D eigenvalue weighted by molar-refractivity contribution is -0.122. The minimum Gasteiger partial charge on any atom is -0.381 e. The van der Waals surface area contributed by atoms with Crippen LogP contribution in [0.3, 0.4) is 0 Å². The molecule has 0 unspecified atom stereocenters. The molecule has 1 aliphatic rings. The molecule has 4 N–H and O–H groups in total. The van der Waals surface area contributed by atoms with Gasteiger partial charge in [0.2, 0.25) is 5.91 Å². The van der Waals surface area contributed by atoms with Gasteiger partial charge in [0.25, 0.3) is 11.8 Å². The molecule has 0 saturated carbocycles. The molecule has 2 aromatic carbocycles. The van der Waals surface area contributed by atoms with Crippen LogP contribution >= 0.6 is 11.3 Å². The molecule has 5 rings (SSSR count). The maximum atomic E-state index is 13.2. The SMILES string of the molecule is CC(C)(NC(=O)c1cc2c(NC(=O)c3ccccc3NC(=O)C3CCOCC3)[nH]nc2s1)c1ccccc1. The van der Waals surface area contributed by atoms with E-state index in [1.807, 2.05) is 44.2 Å². The lowest BCUT2D eigenvalue weighted by Gasteiger charge is -2.26. The number of thiophene rings is 1. The lowest BCUT2D eigenvalue weighted by atomic mass is 9.94. The van der Waals surface area contributed by atoms with Crippen LogP contribution in [0, 0.1) is 5.92 Å². The van der Waals surface area contributed by atoms with Crippen LogP contribution in [-0.4, -0.2) is 41.1 Å². The predicted octanol–water partition coefficient (Wildman–Crippen LogP) is 4.91. The van der Waals surface area contributed by atoms with E-state index in [2.05, 4.69) is 26.1 Å². The quantitative estimate of drug-likeness (QED) is 0.270. The van der Waals surface area contributed by atoms with E-state index >= 15 is 0 Å². The highest BCUT2D eigenvalue weighted by Gasteiger charge is 2.26. The van der Waals surface area contributed by atoms with E-state index in [1.54, 1.807) is 30.3 Å². The number of anilines is 2. The number of nitrogens with zero attached hydrogens (tertiary/aromatic N) is 1. The minimum atomic E-state index is -0.568. The average molecular weight is 532 g/mol. The van der Waals surface area contributed by atoms with Crippen molar-refractivity contribution in [2.24, 2.45) is 5.92 Å². The van der Waals surface area contributed by atoms with Crippen molar-refractivity contribution in [3.8, 4) is 0 Å². The summed E-state index contributed by atoms with van der Waals surface area (Å²) in [4.78, 5) is 40.1. The zero-order chi connectivity index (χ0) is 26.7. The first kappa shape index (κ1) is 25.6. The van der Waals surface area contributed by atoms with Gasteiger partial charge in [0.05, 0.1) is 27.1 Å². The second-order valence-electron chi connectivity index (χ2n) is 9.75. The van der Waals surface area contributed by atoms with Gasteiger partial charge in [-0.2, -0.15) is 5.10 Å². The smallest absolute Gasteiger partial charge is 0.262 e. The molecule has 3 amide bonds. The Labute approximate surface area is 224 Å². The normalized spacial score (nSPS) is 14.3. The molecule has 0 bridgehead atoms. The second-order valence-corrected chi connectivity index (χ2v) is 10.8. The van der Waals surface area contributed by atoms with E-state index in [0.29, 0.717) is 58.2 Å². The number of hydrogen-bond donors (Lipinski definition) is 4. The molecule has 0 spiro atoms. The highest BCUT2D eigenvalue weighted by atomic mass is 32.1. The third-order valence-electron chi connectivity index (χ3n) is 6.66. The lowest BCUT2D eigenvalue weighted by Crippen LogP contribution is -2.40. The number of rotatable bonds is 7. The molecule has 9 nitrogen and oxygen atoms in total. The molecule has 38 heavy (non-hydrogen) atoms. The number of hydrogen-bond acceptors (Lipinski definition) is 6. The summed E-state index contributed by atoms with van der Waals surface area (Å²) in [6, 6.07) is 18.3. The van der Waals surface area contributed by atoms with Gasteiger partial charge in [0.1, 0.15) is 10.6 Å². The predicted molar refractivity (Wildman–Crippen MR) is 147 cm³/mol. The third kappa shape index (κ3) is 5.46. The van der Waals surface area contributed by atoms with E-state index < -0.39 is 11.4 Å². The second kappa shape index (κ2) is 10.8. The number of fused-ring (bicyclic) bond motifs is 1.